The fourth-order valence-electron chi connectivity index (χ4n) is 3.25. The molecule has 2 aromatic rings. The molecular weight excluding hydrogens is 366 g/mol. The van der Waals surface area contributed by atoms with Crippen LogP contribution in [-0.4, -0.2) is 29.2 Å². The lowest BCUT2D eigenvalue weighted by molar-refractivity contribution is -0.783. The molecule has 5 heteroatoms. The average molecular weight is 389 g/mol. The average Bonchev–Trinajstić information content (AvgIpc) is 3.31. The lowest BCUT2D eigenvalue weighted by Crippen LogP contribution is -2.56. The smallest absolute Gasteiger partial charge is 0.256 e. The first-order valence-electron chi connectivity index (χ1n) is 9.09. The van der Waals surface area contributed by atoms with Gasteiger partial charge in [0.15, 0.2) is 0 Å². The number of amidine groups is 1. The molecule has 1 aromatic carbocycles. The van der Waals surface area contributed by atoms with Gasteiger partial charge in [-0.1, -0.05) is 17.9 Å². The van der Waals surface area contributed by atoms with Crippen molar-refractivity contribution in [3.8, 4) is 17.6 Å². The zero-order chi connectivity index (χ0) is 19.8. The van der Waals surface area contributed by atoms with Crippen molar-refractivity contribution in [1.29, 1.82) is 0 Å². The van der Waals surface area contributed by atoms with Crippen molar-refractivity contribution in [3.05, 3.63) is 70.3 Å². The van der Waals surface area contributed by atoms with Gasteiger partial charge in [-0.15, -0.1) is 11.3 Å². The van der Waals surface area contributed by atoms with Gasteiger partial charge in [0.05, 0.1) is 23.1 Å². The van der Waals surface area contributed by atoms with Crippen LogP contribution in [0.1, 0.15) is 36.1 Å². The SMILES string of the molecule is COc1cccc(C#Cc2ccc(C3=C[N+]4(C(C)(C)C)C=CN=CC4=N3)s2)c1. The molecule has 0 saturated heterocycles. The molecule has 0 aliphatic carbocycles. The van der Waals surface area contributed by atoms with Crippen LogP contribution in [-0.2, 0) is 0 Å². The normalized spacial score (nSPS) is 20.1. The zero-order valence-electron chi connectivity index (χ0n) is 16.4. The molecule has 1 aromatic heterocycles. The third kappa shape index (κ3) is 3.22. The van der Waals surface area contributed by atoms with Gasteiger partial charge < -0.3 is 4.74 Å². The Labute approximate surface area is 169 Å². The summed E-state index contributed by atoms with van der Waals surface area (Å²) in [7, 11) is 1.66. The Morgan fingerprint density at radius 1 is 1.11 bits per heavy atom. The highest BCUT2D eigenvalue weighted by atomic mass is 32.1. The van der Waals surface area contributed by atoms with Crippen LogP contribution >= 0.6 is 11.3 Å². The Morgan fingerprint density at radius 2 is 1.96 bits per heavy atom. The molecule has 0 amide bonds. The molecule has 0 bridgehead atoms. The van der Waals surface area contributed by atoms with E-state index >= 15 is 0 Å². The van der Waals surface area contributed by atoms with Crippen LogP contribution in [0.4, 0.5) is 0 Å². The van der Waals surface area contributed by atoms with Crippen LogP contribution in [0, 0.1) is 11.8 Å². The number of quaternary nitrogens is 1. The van der Waals surface area contributed by atoms with Gasteiger partial charge in [0.2, 0.25) is 0 Å². The van der Waals surface area contributed by atoms with E-state index in [1.54, 1.807) is 18.4 Å². The van der Waals surface area contributed by atoms with E-state index in [1.807, 2.05) is 36.7 Å². The van der Waals surface area contributed by atoms with Gasteiger partial charge >= 0.3 is 0 Å². The number of methoxy groups -OCH3 is 1. The number of benzene rings is 1. The maximum atomic E-state index is 5.26. The fourth-order valence-corrected chi connectivity index (χ4v) is 4.06. The molecule has 0 spiro atoms. The maximum Gasteiger partial charge on any atom is 0.256 e. The maximum absolute atomic E-state index is 5.26. The van der Waals surface area contributed by atoms with Crippen molar-refractivity contribution < 1.29 is 9.22 Å². The molecule has 2 aliphatic heterocycles. The summed E-state index contributed by atoms with van der Waals surface area (Å²) in [5.41, 5.74) is 1.86. The van der Waals surface area contributed by atoms with Gasteiger partial charge in [-0.3, -0.25) is 4.99 Å². The van der Waals surface area contributed by atoms with Crippen LogP contribution in [0.5, 0.6) is 5.75 Å². The first-order valence-corrected chi connectivity index (χ1v) is 9.91. The topological polar surface area (TPSA) is 34.0 Å². The Morgan fingerprint density at radius 3 is 2.71 bits per heavy atom. The molecule has 4 nitrogen and oxygen atoms in total. The quantitative estimate of drug-likeness (QED) is 0.524. The van der Waals surface area contributed by atoms with Crippen molar-refractivity contribution in [3.63, 3.8) is 0 Å². The number of hydrogen-bond acceptors (Lipinski definition) is 4. The minimum atomic E-state index is -0.0458. The van der Waals surface area contributed by atoms with Gasteiger partial charge in [-0.25, -0.2) is 4.48 Å². The summed E-state index contributed by atoms with van der Waals surface area (Å²) >= 11 is 1.66. The van der Waals surface area contributed by atoms with Crippen molar-refractivity contribution in [2.45, 2.75) is 26.3 Å². The summed E-state index contributed by atoms with van der Waals surface area (Å²) in [5.74, 6) is 8.22. The van der Waals surface area contributed by atoms with E-state index in [9.17, 15) is 0 Å². The molecule has 2 aliphatic rings. The predicted octanol–water partition coefficient (Wildman–Crippen LogP) is 5.04. The minimum absolute atomic E-state index is 0.0458. The third-order valence-corrected chi connectivity index (χ3v) is 5.91. The molecule has 1 unspecified atom stereocenters. The molecular formula is C23H22N3OS+. The lowest BCUT2D eigenvalue weighted by atomic mass is 10.0. The Hall–Kier alpha value is -2.94. The van der Waals surface area contributed by atoms with Crippen molar-refractivity contribution in [1.82, 2.24) is 0 Å². The summed E-state index contributed by atoms with van der Waals surface area (Å²) in [6, 6.07) is 11.9. The van der Waals surface area contributed by atoms with E-state index in [1.165, 1.54) is 0 Å². The summed E-state index contributed by atoms with van der Waals surface area (Å²) in [4.78, 5) is 11.3. The number of nitrogens with zero attached hydrogens (tertiary/aromatic N) is 3. The van der Waals surface area contributed by atoms with Crippen LogP contribution in [0.25, 0.3) is 5.70 Å². The van der Waals surface area contributed by atoms with Gasteiger partial charge in [-0.2, -0.15) is 4.99 Å². The molecule has 1 atom stereocenters. The fraction of sp³-hybridized carbons (Fsp3) is 0.217. The first kappa shape index (κ1) is 18.4. The molecule has 0 radical (unpaired) electrons. The van der Waals surface area contributed by atoms with E-state index in [4.69, 9.17) is 9.73 Å². The number of ether oxygens (including phenoxy) is 1. The van der Waals surface area contributed by atoms with Gasteiger partial charge in [-0.05, 0) is 51.1 Å². The van der Waals surface area contributed by atoms with Crippen molar-refractivity contribution >= 4 is 29.1 Å². The van der Waals surface area contributed by atoms with Crippen LogP contribution in [0.15, 0.2) is 65.0 Å². The summed E-state index contributed by atoms with van der Waals surface area (Å²) in [6.45, 7) is 6.64. The van der Waals surface area contributed by atoms with Crippen LogP contribution in [0.3, 0.4) is 0 Å². The summed E-state index contributed by atoms with van der Waals surface area (Å²) in [5, 5.41) is 0. The van der Waals surface area contributed by atoms with E-state index in [2.05, 4.69) is 62.1 Å². The lowest BCUT2D eigenvalue weighted by Gasteiger charge is -2.39. The van der Waals surface area contributed by atoms with E-state index < -0.39 is 0 Å². The molecule has 140 valence electrons. The monoisotopic (exact) mass is 388 g/mol. The predicted molar refractivity (Wildman–Crippen MR) is 116 cm³/mol. The van der Waals surface area contributed by atoms with E-state index in [-0.39, 0.29) is 5.54 Å². The second-order valence-electron chi connectivity index (χ2n) is 7.65. The highest BCUT2D eigenvalue weighted by Gasteiger charge is 2.47. The Bertz CT molecular complexity index is 1100. The standard InChI is InChI=1S/C23H22N3OS/c1-23(2,3)26-13-12-24-15-22(26)25-20(16-26)21-11-10-19(28-21)9-8-17-6-5-7-18(14-17)27-4/h5-7,10-16H,1-4H3/q+1. The van der Waals surface area contributed by atoms with Crippen LogP contribution < -0.4 is 4.74 Å². The number of thiophene rings is 1. The highest BCUT2D eigenvalue weighted by Crippen LogP contribution is 2.39. The first-order chi connectivity index (χ1) is 13.4. The molecule has 0 saturated carbocycles. The number of fused-ring (bicyclic) bond motifs is 1. The van der Waals surface area contributed by atoms with Gasteiger partial charge in [0, 0.05) is 5.56 Å². The van der Waals surface area contributed by atoms with Gasteiger partial charge in [0.1, 0.15) is 35.6 Å². The Balaban J connectivity index is 1.64. The zero-order valence-corrected chi connectivity index (χ0v) is 17.2. The van der Waals surface area contributed by atoms with Crippen molar-refractivity contribution in [2.75, 3.05) is 7.11 Å². The number of hydrogen-bond donors (Lipinski definition) is 0. The summed E-state index contributed by atoms with van der Waals surface area (Å²) < 4.78 is 5.83. The molecule has 28 heavy (non-hydrogen) atoms. The second-order valence-corrected chi connectivity index (χ2v) is 8.74. The second kappa shape index (κ2) is 6.90. The van der Waals surface area contributed by atoms with Gasteiger partial charge in [0.25, 0.3) is 5.84 Å². The van der Waals surface area contributed by atoms with E-state index in [0.29, 0.717) is 4.48 Å². The molecule has 3 heterocycles. The minimum Gasteiger partial charge on any atom is -0.497 e. The third-order valence-electron chi connectivity index (χ3n) is 4.89. The van der Waals surface area contributed by atoms with E-state index in [0.717, 1.165) is 32.6 Å². The summed E-state index contributed by atoms with van der Waals surface area (Å²) in [6.07, 6.45) is 8.01. The number of rotatable bonds is 2. The number of aliphatic imine (C=N–C) groups is 2. The van der Waals surface area contributed by atoms with Crippen LogP contribution in [0.2, 0.25) is 0 Å². The molecule has 4 rings (SSSR count). The Kier molecular flexibility index (Phi) is 4.54. The largest absolute Gasteiger partial charge is 0.497 e. The molecule has 0 fully saturated rings. The molecule has 0 N–H and O–H groups in total. The highest BCUT2D eigenvalue weighted by molar-refractivity contribution is 7.13. The van der Waals surface area contributed by atoms with Crippen molar-refractivity contribution in [2.24, 2.45) is 9.98 Å².